The monoisotopic (exact) mass is 504 g/mol. The summed E-state index contributed by atoms with van der Waals surface area (Å²) in [5, 5.41) is 28.7. The molecule has 1 aliphatic heterocycles. The molecule has 36 heavy (non-hydrogen) atoms. The first-order valence-corrected chi connectivity index (χ1v) is 13.1. The number of aliphatic hydroxyl groups excluding tert-OH is 1. The number of hydrogen-bond donors (Lipinski definition) is 4. The highest BCUT2D eigenvalue weighted by molar-refractivity contribution is 7.99. The Labute approximate surface area is 212 Å². The molecule has 1 amide bonds. The standard InChI is InChI=1S/C25H28N8O2S/c34-18-10-12-32(14-18)15-23(35)26-17-6-8-19(9-7-17)36-25-28-24(21-5-2-11-33(21)31-25)27-22-13-20(29-30-22)16-3-1-4-16/h2,5-9,11,13,16,18,34H,1,3-4,10,12,14-15H2,(H,26,35)(H2,27,28,29,30,31). The quantitative estimate of drug-likeness (QED) is 0.287. The molecule has 6 rings (SSSR count). The van der Waals surface area contributed by atoms with E-state index < -0.39 is 0 Å². The summed E-state index contributed by atoms with van der Waals surface area (Å²) in [6, 6.07) is 13.6. The SMILES string of the molecule is O=C(CN1CCC(O)C1)Nc1ccc(Sc2nc(Nc3cc(C4CCC4)[nH]n3)c3cccn3n2)cc1. The Kier molecular flexibility index (Phi) is 6.34. The number of aliphatic hydroxyl groups is 1. The van der Waals surface area contributed by atoms with E-state index in [9.17, 15) is 9.90 Å². The number of aromatic nitrogens is 5. The third-order valence-electron chi connectivity index (χ3n) is 6.72. The molecule has 10 nitrogen and oxygen atoms in total. The van der Waals surface area contributed by atoms with E-state index in [1.54, 1.807) is 4.52 Å². The first-order valence-electron chi connectivity index (χ1n) is 12.2. The van der Waals surface area contributed by atoms with Crippen molar-refractivity contribution < 1.29 is 9.90 Å². The molecule has 0 radical (unpaired) electrons. The Balaban J connectivity index is 1.12. The van der Waals surface area contributed by atoms with Crippen LogP contribution in [-0.2, 0) is 4.79 Å². The number of benzene rings is 1. The molecule has 1 unspecified atom stereocenters. The van der Waals surface area contributed by atoms with Gasteiger partial charge in [-0.05, 0) is 67.4 Å². The van der Waals surface area contributed by atoms with Crippen LogP contribution in [0.2, 0.25) is 0 Å². The van der Waals surface area contributed by atoms with E-state index in [4.69, 9.17) is 4.98 Å². The molecule has 1 aromatic carbocycles. The first kappa shape index (κ1) is 23.0. The summed E-state index contributed by atoms with van der Waals surface area (Å²) in [6.45, 7) is 1.58. The lowest BCUT2D eigenvalue weighted by atomic mass is 9.83. The zero-order chi connectivity index (χ0) is 24.5. The second kappa shape index (κ2) is 9.92. The highest BCUT2D eigenvalue weighted by Gasteiger charge is 2.23. The van der Waals surface area contributed by atoms with E-state index in [0.29, 0.717) is 23.4 Å². The molecule has 2 fully saturated rings. The summed E-state index contributed by atoms with van der Waals surface area (Å²) in [5.74, 6) is 1.94. The lowest BCUT2D eigenvalue weighted by Gasteiger charge is -2.23. The molecule has 1 saturated carbocycles. The number of hydrogen-bond acceptors (Lipinski definition) is 8. The maximum Gasteiger partial charge on any atom is 0.238 e. The van der Waals surface area contributed by atoms with Gasteiger partial charge in [-0.3, -0.25) is 14.8 Å². The number of aromatic amines is 1. The van der Waals surface area contributed by atoms with Crippen LogP contribution < -0.4 is 10.6 Å². The van der Waals surface area contributed by atoms with Gasteiger partial charge in [0.15, 0.2) is 11.6 Å². The minimum absolute atomic E-state index is 0.0829. The van der Waals surface area contributed by atoms with Crippen molar-refractivity contribution in [2.75, 3.05) is 30.3 Å². The number of β-amino-alcohol motifs (C(OH)–C–C–N with tert-alkyl or cyclic N) is 1. The molecular formula is C25H28N8O2S. The van der Waals surface area contributed by atoms with E-state index >= 15 is 0 Å². The average Bonchev–Trinajstić information content (AvgIpc) is 3.56. The molecule has 1 saturated heterocycles. The van der Waals surface area contributed by atoms with E-state index in [-0.39, 0.29) is 18.6 Å². The fourth-order valence-electron chi connectivity index (χ4n) is 4.57. The number of carbonyl (C=O) groups is 1. The van der Waals surface area contributed by atoms with Crippen molar-refractivity contribution in [3.63, 3.8) is 0 Å². The Bertz CT molecular complexity index is 1360. The zero-order valence-electron chi connectivity index (χ0n) is 19.7. The number of nitrogens with one attached hydrogen (secondary N) is 3. The van der Waals surface area contributed by atoms with Crippen molar-refractivity contribution >= 4 is 40.5 Å². The van der Waals surface area contributed by atoms with Gasteiger partial charge in [0.25, 0.3) is 0 Å². The highest BCUT2D eigenvalue weighted by atomic mass is 32.2. The molecule has 3 aromatic heterocycles. The summed E-state index contributed by atoms with van der Waals surface area (Å²) >= 11 is 1.45. The molecule has 4 heterocycles. The molecule has 0 spiro atoms. The van der Waals surface area contributed by atoms with Crippen molar-refractivity contribution in [1.29, 1.82) is 0 Å². The molecule has 1 aliphatic carbocycles. The van der Waals surface area contributed by atoms with Gasteiger partial charge < -0.3 is 15.7 Å². The molecule has 2 aliphatic rings. The van der Waals surface area contributed by atoms with Crippen molar-refractivity contribution in [3.05, 3.63) is 54.4 Å². The van der Waals surface area contributed by atoms with Crippen LogP contribution in [-0.4, -0.2) is 66.4 Å². The normalized spacial score (nSPS) is 18.4. The zero-order valence-corrected chi connectivity index (χ0v) is 20.5. The summed E-state index contributed by atoms with van der Waals surface area (Å²) in [4.78, 5) is 20.0. The summed E-state index contributed by atoms with van der Waals surface area (Å²) in [5.41, 5.74) is 2.77. The lowest BCUT2D eigenvalue weighted by molar-refractivity contribution is -0.117. The largest absolute Gasteiger partial charge is 0.392 e. The highest BCUT2D eigenvalue weighted by Crippen LogP contribution is 2.36. The van der Waals surface area contributed by atoms with Crippen LogP contribution in [0.4, 0.5) is 17.3 Å². The topological polar surface area (TPSA) is 123 Å². The molecule has 186 valence electrons. The maximum absolute atomic E-state index is 12.3. The van der Waals surface area contributed by atoms with Gasteiger partial charge in [0.2, 0.25) is 11.1 Å². The Morgan fingerprint density at radius 3 is 2.81 bits per heavy atom. The number of nitrogens with zero attached hydrogens (tertiary/aromatic N) is 5. The van der Waals surface area contributed by atoms with Crippen LogP contribution in [0.5, 0.6) is 0 Å². The number of carbonyl (C=O) groups excluding carboxylic acids is 1. The van der Waals surface area contributed by atoms with Gasteiger partial charge in [-0.25, -0.2) is 9.50 Å². The minimum Gasteiger partial charge on any atom is -0.392 e. The number of amides is 1. The number of rotatable bonds is 8. The fraction of sp³-hybridized carbons (Fsp3) is 0.360. The van der Waals surface area contributed by atoms with Crippen LogP contribution in [0.1, 0.15) is 37.3 Å². The molecule has 11 heteroatoms. The summed E-state index contributed by atoms with van der Waals surface area (Å²) in [7, 11) is 0. The minimum atomic E-state index is -0.332. The van der Waals surface area contributed by atoms with E-state index in [2.05, 4.69) is 32.0 Å². The Hall–Kier alpha value is -3.41. The molecule has 4 aromatic rings. The summed E-state index contributed by atoms with van der Waals surface area (Å²) in [6.07, 6.45) is 5.99. The van der Waals surface area contributed by atoms with E-state index in [0.717, 1.165) is 34.9 Å². The van der Waals surface area contributed by atoms with Crippen molar-refractivity contribution in [2.24, 2.45) is 0 Å². The number of likely N-dealkylation sites (tertiary alicyclic amines) is 1. The van der Waals surface area contributed by atoms with Crippen LogP contribution >= 0.6 is 11.8 Å². The third kappa shape index (κ3) is 5.08. The van der Waals surface area contributed by atoms with Gasteiger partial charge in [-0.1, -0.05) is 6.42 Å². The molecule has 4 N–H and O–H groups in total. The lowest BCUT2D eigenvalue weighted by Crippen LogP contribution is -2.32. The molecular weight excluding hydrogens is 476 g/mol. The van der Waals surface area contributed by atoms with Gasteiger partial charge in [0, 0.05) is 47.5 Å². The Morgan fingerprint density at radius 1 is 1.19 bits per heavy atom. The van der Waals surface area contributed by atoms with Crippen LogP contribution in [0.25, 0.3) is 5.52 Å². The van der Waals surface area contributed by atoms with Crippen molar-refractivity contribution in [1.82, 2.24) is 29.7 Å². The first-order chi connectivity index (χ1) is 17.6. The fourth-order valence-corrected chi connectivity index (χ4v) is 5.32. The number of H-pyrrole nitrogens is 1. The van der Waals surface area contributed by atoms with Crippen LogP contribution in [0, 0.1) is 0 Å². The number of anilines is 3. The van der Waals surface area contributed by atoms with Gasteiger partial charge >= 0.3 is 0 Å². The molecule has 0 bridgehead atoms. The van der Waals surface area contributed by atoms with Gasteiger partial charge in [-0.2, -0.15) is 5.10 Å². The van der Waals surface area contributed by atoms with Gasteiger partial charge in [0.05, 0.1) is 12.6 Å². The smallest absolute Gasteiger partial charge is 0.238 e. The second-order valence-electron chi connectivity index (χ2n) is 9.39. The average molecular weight is 505 g/mol. The summed E-state index contributed by atoms with van der Waals surface area (Å²) < 4.78 is 1.81. The van der Waals surface area contributed by atoms with Crippen molar-refractivity contribution in [2.45, 2.75) is 47.8 Å². The van der Waals surface area contributed by atoms with Crippen LogP contribution in [0.15, 0.2) is 58.7 Å². The van der Waals surface area contributed by atoms with Gasteiger partial charge in [0.1, 0.15) is 5.52 Å². The molecule has 1 atom stereocenters. The Morgan fingerprint density at radius 2 is 2.06 bits per heavy atom. The predicted molar refractivity (Wildman–Crippen MR) is 138 cm³/mol. The second-order valence-corrected chi connectivity index (χ2v) is 10.4. The van der Waals surface area contributed by atoms with Crippen molar-refractivity contribution in [3.8, 4) is 0 Å². The van der Waals surface area contributed by atoms with E-state index in [1.165, 1.54) is 36.7 Å². The van der Waals surface area contributed by atoms with Gasteiger partial charge in [-0.15, -0.1) is 5.10 Å². The van der Waals surface area contributed by atoms with Crippen LogP contribution in [0.3, 0.4) is 0 Å². The third-order valence-corrected chi connectivity index (χ3v) is 7.59. The number of fused-ring (bicyclic) bond motifs is 1. The van der Waals surface area contributed by atoms with E-state index in [1.807, 2.05) is 47.5 Å². The predicted octanol–water partition coefficient (Wildman–Crippen LogP) is 3.62. The maximum atomic E-state index is 12.3.